The molecule has 1 atom stereocenters. The van der Waals surface area contributed by atoms with Crippen molar-refractivity contribution >= 4 is 23.1 Å². The molecule has 2 aromatic rings. The first-order valence-corrected chi connectivity index (χ1v) is 10.9. The van der Waals surface area contributed by atoms with Gasteiger partial charge in [-0.25, -0.2) is 4.98 Å². The summed E-state index contributed by atoms with van der Waals surface area (Å²) in [6.45, 7) is 5.76. The first kappa shape index (κ1) is 22.1. The van der Waals surface area contributed by atoms with Gasteiger partial charge in [0.15, 0.2) is 12.0 Å². The largest absolute Gasteiger partial charge is 0.355 e. The van der Waals surface area contributed by atoms with Crippen molar-refractivity contribution < 1.29 is 4.79 Å². The normalized spacial score (nSPS) is 19.2. The Bertz CT molecular complexity index is 1210. The van der Waals surface area contributed by atoms with Gasteiger partial charge in [0.05, 0.1) is 12.7 Å². The van der Waals surface area contributed by atoms with Gasteiger partial charge >= 0.3 is 0 Å². The second kappa shape index (κ2) is 9.17. The van der Waals surface area contributed by atoms with Crippen molar-refractivity contribution in [2.24, 2.45) is 10.4 Å². The fourth-order valence-corrected chi connectivity index (χ4v) is 4.09. The highest BCUT2D eigenvalue weighted by atomic mass is 16.2. The van der Waals surface area contributed by atoms with Gasteiger partial charge in [-0.3, -0.25) is 15.1 Å². The number of H-pyrrole nitrogens is 1. The molecule has 2 aliphatic rings. The number of hydrogen-bond donors (Lipinski definition) is 4. The lowest BCUT2D eigenvalue weighted by atomic mass is 9.76. The van der Waals surface area contributed by atoms with Gasteiger partial charge < -0.3 is 15.6 Å². The Morgan fingerprint density at radius 2 is 2.15 bits per heavy atom. The van der Waals surface area contributed by atoms with Crippen molar-refractivity contribution in [1.29, 1.82) is 10.5 Å². The first-order chi connectivity index (χ1) is 15.9. The third-order valence-corrected chi connectivity index (χ3v) is 6.15. The summed E-state index contributed by atoms with van der Waals surface area (Å²) in [5.41, 5.74) is 4.53. The lowest BCUT2D eigenvalue weighted by Gasteiger charge is -2.30. The molecule has 1 aromatic heterocycles. The summed E-state index contributed by atoms with van der Waals surface area (Å²) < 4.78 is 0. The predicted octanol–water partition coefficient (Wildman–Crippen LogP) is 3.24. The summed E-state index contributed by atoms with van der Waals surface area (Å²) in [6.07, 6.45) is 8.46. The van der Waals surface area contributed by atoms with Crippen LogP contribution in [0.25, 0.3) is 5.57 Å². The van der Waals surface area contributed by atoms with E-state index < -0.39 is 5.91 Å². The van der Waals surface area contributed by atoms with E-state index in [4.69, 9.17) is 10.5 Å². The number of imidazole rings is 1. The Kier molecular flexibility index (Phi) is 6.14. The Labute approximate surface area is 192 Å². The molecule has 0 spiro atoms. The monoisotopic (exact) mass is 442 g/mol. The first-order valence-electron chi connectivity index (χ1n) is 10.9. The number of guanidine groups is 1. The number of aliphatic imine (C=N–C) groups is 1. The second-order valence-electron chi connectivity index (χ2n) is 9.12. The Hall–Kier alpha value is -4.11. The van der Waals surface area contributed by atoms with Crippen molar-refractivity contribution in [2.75, 3.05) is 18.4 Å². The minimum Gasteiger partial charge on any atom is -0.355 e. The third-order valence-electron chi connectivity index (χ3n) is 6.15. The van der Waals surface area contributed by atoms with Gasteiger partial charge in [0.2, 0.25) is 5.96 Å². The van der Waals surface area contributed by atoms with Crippen molar-refractivity contribution in [1.82, 2.24) is 20.6 Å². The van der Waals surface area contributed by atoms with Crippen LogP contribution >= 0.6 is 0 Å². The number of carbonyl (C=O) groups is 1. The standard InChI is InChI=1S/C24H26N8O/c1-24(2)7-5-15(6-8-24)19-9-16(17-11-28-23(29-12-17)30-14-26)3-4-20(19)32-22(33)21-27-13-18(10-25)31-21/h3-5,9,13,17H,6-8,11-12H2,1-2H3,(H,27,31)(H,32,33)(H2,28,29,30). The summed E-state index contributed by atoms with van der Waals surface area (Å²) in [6, 6.07) is 8.00. The van der Waals surface area contributed by atoms with Crippen LogP contribution in [0, 0.1) is 28.2 Å². The summed E-state index contributed by atoms with van der Waals surface area (Å²) in [5.74, 6) is 0.356. The average molecular weight is 443 g/mol. The molecule has 33 heavy (non-hydrogen) atoms. The number of aromatic nitrogens is 2. The van der Waals surface area contributed by atoms with Crippen molar-refractivity contribution in [3.05, 3.63) is 53.1 Å². The zero-order chi connectivity index (χ0) is 23.4. The number of nitriles is 2. The fraction of sp³-hybridized carbons (Fsp3) is 0.375. The molecule has 4 rings (SSSR count). The number of benzene rings is 1. The minimum absolute atomic E-state index is 0.101. The lowest BCUT2D eigenvalue weighted by Crippen LogP contribution is -2.41. The van der Waals surface area contributed by atoms with E-state index in [9.17, 15) is 4.79 Å². The number of allylic oxidation sites excluding steroid dienone is 2. The molecule has 1 aromatic carbocycles. The van der Waals surface area contributed by atoms with E-state index >= 15 is 0 Å². The molecular weight excluding hydrogens is 416 g/mol. The molecule has 0 radical (unpaired) electrons. The van der Waals surface area contributed by atoms with Crippen LogP contribution in [0.15, 0.2) is 35.5 Å². The Morgan fingerprint density at radius 3 is 2.79 bits per heavy atom. The molecule has 1 unspecified atom stereocenters. The highest BCUT2D eigenvalue weighted by molar-refractivity contribution is 6.03. The van der Waals surface area contributed by atoms with Crippen molar-refractivity contribution in [3.63, 3.8) is 0 Å². The van der Waals surface area contributed by atoms with E-state index in [1.807, 2.05) is 24.4 Å². The van der Waals surface area contributed by atoms with Gasteiger partial charge in [-0.2, -0.15) is 10.5 Å². The Morgan fingerprint density at radius 1 is 1.30 bits per heavy atom. The van der Waals surface area contributed by atoms with E-state index in [2.05, 4.69) is 56.9 Å². The average Bonchev–Trinajstić information content (AvgIpc) is 3.30. The maximum atomic E-state index is 12.8. The van der Waals surface area contributed by atoms with Crippen LogP contribution in [0.2, 0.25) is 0 Å². The second-order valence-corrected chi connectivity index (χ2v) is 9.12. The van der Waals surface area contributed by atoms with Crippen molar-refractivity contribution in [2.45, 2.75) is 39.0 Å². The molecule has 1 aliphatic carbocycles. The van der Waals surface area contributed by atoms with Gasteiger partial charge in [0, 0.05) is 23.7 Å². The molecule has 2 heterocycles. The number of nitrogens with zero attached hydrogens (tertiary/aromatic N) is 4. The summed E-state index contributed by atoms with van der Waals surface area (Å²) >= 11 is 0. The smallest absolute Gasteiger partial charge is 0.291 e. The molecule has 0 fully saturated rings. The lowest BCUT2D eigenvalue weighted by molar-refractivity contribution is 0.101. The Balaban J connectivity index is 1.63. The van der Waals surface area contributed by atoms with Crippen LogP contribution < -0.4 is 16.0 Å². The molecule has 0 bridgehead atoms. The summed E-state index contributed by atoms with van der Waals surface area (Å²) in [7, 11) is 0. The number of aromatic amines is 1. The van der Waals surface area contributed by atoms with Gasteiger partial charge in [0.25, 0.3) is 5.91 Å². The van der Waals surface area contributed by atoms with E-state index in [0.717, 1.165) is 30.4 Å². The van der Waals surface area contributed by atoms with E-state index in [-0.39, 0.29) is 22.9 Å². The molecule has 9 nitrogen and oxygen atoms in total. The minimum atomic E-state index is -0.390. The molecule has 1 aliphatic heterocycles. The summed E-state index contributed by atoms with van der Waals surface area (Å²) in [5, 5.41) is 26.4. The van der Waals surface area contributed by atoms with E-state index in [0.29, 0.717) is 24.7 Å². The number of carbonyl (C=O) groups excluding carboxylic acids is 1. The zero-order valence-electron chi connectivity index (χ0n) is 18.7. The quantitative estimate of drug-likeness (QED) is 0.423. The van der Waals surface area contributed by atoms with Crippen LogP contribution in [0.1, 0.15) is 66.5 Å². The number of hydrogen-bond acceptors (Lipinski definition) is 7. The number of anilines is 1. The maximum absolute atomic E-state index is 12.8. The van der Waals surface area contributed by atoms with Crippen LogP contribution in [-0.2, 0) is 0 Å². The molecule has 0 saturated heterocycles. The SMILES string of the molecule is CC1(C)CC=C(c2cc(C3CN=C(NC#N)NC3)ccc2NC(=O)c2ncc(C#N)[nH]2)CC1. The van der Waals surface area contributed by atoms with E-state index in [1.54, 1.807) is 0 Å². The molecule has 0 saturated carbocycles. The number of rotatable bonds is 4. The highest BCUT2D eigenvalue weighted by Crippen LogP contribution is 2.40. The molecular formula is C24H26N8O. The third kappa shape index (κ3) is 5.04. The van der Waals surface area contributed by atoms with Crippen LogP contribution in [0.3, 0.4) is 0 Å². The molecule has 4 N–H and O–H groups in total. The van der Waals surface area contributed by atoms with Crippen molar-refractivity contribution in [3.8, 4) is 12.3 Å². The number of nitrogens with one attached hydrogen (secondary N) is 4. The fourth-order valence-electron chi connectivity index (χ4n) is 4.09. The van der Waals surface area contributed by atoms with Crippen LogP contribution in [0.5, 0.6) is 0 Å². The predicted molar refractivity (Wildman–Crippen MR) is 125 cm³/mol. The maximum Gasteiger partial charge on any atom is 0.291 e. The van der Waals surface area contributed by atoms with Gasteiger partial charge in [-0.05, 0) is 47.9 Å². The topological polar surface area (TPSA) is 142 Å². The number of amides is 1. The zero-order valence-corrected chi connectivity index (χ0v) is 18.7. The summed E-state index contributed by atoms with van der Waals surface area (Å²) in [4.78, 5) is 23.9. The van der Waals surface area contributed by atoms with E-state index in [1.165, 1.54) is 11.8 Å². The van der Waals surface area contributed by atoms with Gasteiger partial charge in [-0.1, -0.05) is 26.0 Å². The van der Waals surface area contributed by atoms with Crippen LogP contribution in [0.4, 0.5) is 5.69 Å². The van der Waals surface area contributed by atoms with Gasteiger partial charge in [0.1, 0.15) is 11.8 Å². The molecule has 168 valence electrons. The van der Waals surface area contributed by atoms with Gasteiger partial charge in [-0.15, -0.1) is 0 Å². The van der Waals surface area contributed by atoms with Crippen LogP contribution in [-0.4, -0.2) is 34.9 Å². The highest BCUT2D eigenvalue weighted by Gasteiger charge is 2.25. The molecule has 1 amide bonds. The molecule has 9 heteroatoms.